The number of hydrogen-bond donors (Lipinski definition) is 7. The van der Waals surface area contributed by atoms with Crippen LogP contribution >= 0.6 is 0 Å². The van der Waals surface area contributed by atoms with E-state index in [-0.39, 0.29) is 31.3 Å². The SMILES string of the molecule is CCCC(NC(=O)[C@@H]1CCCCNC(=O)CCCCCOC(=O)N[C@@H](C2CCCCC2)C(=O)N1)C(=O)C(=O)NCC(=O)N[C@H](C(N)=O)c1ccccc1. The second kappa shape index (κ2) is 22.8. The normalized spacial score (nSPS) is 21.0. The first-order chi connectivity index (χ1) is 25.5. The van der Waals surface area contributed by atoms with E-state index in [9.17, 15) is 38.4 Å². The summed E-state index contributed by atoms with van der Waals surface area (Å²) in [5, 5.41) is 15.6. The fourth-order valence-corrected chi connectivity index (χ4v) is 6.49. The summed E-state index contributed by atoms with van der Waals surface area (Å²) in [5.74, 6) is -5.24. The van der Waals surface area contributed by atoms with Gasteiger partial charge in [-0.3, -0.25) is 33.6 Å². The fraction of sp³-hybridized carbons (Fsp3) is 0.622. The predicted molar refractivity (Wildman–Crippen MR) is 193 cm³/mol. The lowest BCUT2D eigenvalue weighted by Crippen LogP contribution is -2.58. The Morgan fingerprint density at radius 3 is 2.26 bits per heavy atom. The minimum atomic E-state index is -1.27. The van der Waals surface area contributed by atoms with Crippen LogP contribution in [0.4, 0.5) is 4.79 Å². The molecule has 1 heterocycles. The molecular formula is C37H55N7O9. The molecule has 1 aliphatic heterocycles. The number of rotatable bonds is 12. The number of nitrogens with two attached hydrogens (primary N) is 1. The molecule has 0 aromatic heterocycles. The highest BCUT2D eigenvalue weighted by Crippen LogP contribution is 2.27. The molecular weight excluding hydrogens is 686 g/mol. The summed E-state index contributed by atoms with van der Waals surface area (Å²) in [5.41, 5.74) is 5.89. The van der Waals surface area contributed by atoms with Crippen molar-refractivity contribution in [1.29, 1.82) is 0 Å². The Bertz CT molecular complexity index is 1420. The van der Waals surface area contributed by atoms with Gasteiger partial charge in [0.2, 0.25) is 35.3 Å². The van der Waals surface area contributed by atoms with Gasteiger partial charge in [-0.2, -0.15) is 0 Å². The van der Waals surface area contributed by atoms with Crippen molar-refractivity contribution >= 4 is 47.3 Å². The van der Waals surface area contributed by atoms with E-state index in [1.165, 1.54) is 0 Å². The molecule has 16 nitrogen and oxygen atoms in total. The van der Waals surface area contributed by atoms with Crippen molar-refractivity contribution in [3.63, 3.8) is 0 Å². The zero-order chi connectivity index (χ0) is 38.6. The average Bonchev–Trinajstić information content (AvgIpc) is 3.15. The number of nitrogens with one attached hydrogen (secondary N) is 6. The number of hydrogen-bond acceptors (Lipinski definition) is 9. The Balaban J connectivity index is 1.70. The summed E-state index contributed by atoms with van der Waals surface area (Å²) in [7, 11) is 0. The first kappa shape index (κ1) is 42.4. The first-order valence-electron chi connectivity index (χ1n) is 18.8. The molecule has 3 rings (SSSR count). The van der Waals surface area contributed by atoms with Crippen molar-refractivity contribution in [3.05, 3.63) is 35.9 Å². The summed E-state index contributed by atoms with van der Waals surface area (Å²) >= 11 is 0. The molecule has 4 atom stereocenters. The third-order valence-electron chi connectivity index (χ3n) is 9.40. The number of alkyl carbamates (subject to hydrolysis) is 1. The van der Waals surface area contributed by atoms with Crippen LogP contribution in [0.1, 0.15) is 108 Å². The third kappa shape index (κ3) is 14.9. The van der Waals surface area contributed by atoms with E-state index < -0.39 is 72.1 Å². The first-order valence-corrected chi connectivity index (χ1v) is 18.8. The molecule has 1 aromatic rings. The highest BCUT2D eigenvalue weighted by Gasteiger charge is 2.35. The van der Waals surface area contributed by atoms with Crippen LogP contribution < -0.4 is 37.6 Å². The van der Waals surface area contributed by atoms with Gasteiger partial charge in [0.15, 0.2) is 0 Å². The maximum atomic E-state index is 13.8. The highest BCUT2D eigenvalue weighted by atomic mass is 16.5. The lowest BCUT2D eigenvalue weighted by molar-refractivity contribution is -0.141. The van der Waals surface area contributed by atoms with E-state index >= 15 is 0 Å². The van der Waals surface area contributed by atoms with E-state index in [0.717, 1.165) is 19.3 Å². The van der Waals surface area contributed by atoms with E-state index in [4.69, 9.17) is 10.5 Å². The number of benzene rings is 1. The topological polar surface area (TPSA) is 244 Å². The zero-order valence-electron chi connectivity index (χ0n) is 30.5. The van der Waals surface area contributed by atoms with E-state index in [0.29, 0.717) is 69.9 Å². The number of carbonyl (C=O) groups excluding carboxylic acids is 8. The molecule has 16 heteroatoms. The largest absolute Gasteiger partial charge is 0.450 e. The van der Waals surface area contributed by atoms with Gasteiger partial charge < -0.3 is 42.4 Å². The summed E-state index contributed by atoms with van der Waals surface area (Å²) in [4.78, 5) is 103. The summed E-state index contributed by atoms with van der Waals surface area (Å²) < 4.78 is 5.34. The molecule has 1 aromatic carbocycles. The van der Waals surface area contributed by atoms with Gasteiger partial charge in [-0.15, -0.1) is 0 Å². The van der Waals surface area contributed by atoms with Crippen LogP contribution in [-0.2, 0) is 38.3 Å². The predicted octanol–water partition coefficient (Wildman–Crippen LogP) is 1.32. The number of carbonyl (C=O) groups is 8. The Morgan fingerprint density at radius 2 is 1.57 bits per heavy atom. The van der Waals surface area contributed by atoms with E-state index in [1.807, 2.05) is 0 Å². The van der Waals surface area contributed by atoms with Crippen LogP contribution in [-0.4, -0.2) is 85.1 Å². The van der Waals surface area contributed by atoms with Gasteiger partial charge in [0.25, 0.3) is 5.91 Å². The van der Waals surface area contributed by atoms with Crippen LogP contribution in [0.15, 0.2) is 30.3 Å². The summed E-state index contributed by atoms with van der Waals surface area (Å²) in [6.07, 6.45) is 7.33. The minimum absolute atomic E-state index is 0.0900. The van der Waals surface area contributed by atoms with Crippen LogP contribution in [0.3, 0.4) is 0 Å². The fourth-order valence-electron chi connectivity index (χ4n) is 6.49. The van der Waals surface area contributed by atoms with Gasteiger partial charge in [-0.25, -0.2) is 4.79 Å². The number of primary amides is 1. The number of ether oxygens (including phenoxy) is 1. The highest BCUT2D eigenvalue weighted by molar-refractivity contribution is 6.38. The van der Waals surface area contributed by atoms with Gasteiger partial charge in [0.1, 0.15) is 18.1 Å². The Labute approximate surface area is 310 Å². The molecule has 7 amide bonds. The molecule has 292 valence electrons. The summed E-state index contributed by atoms with van der Waals surface area (Å²) in [6.45, 7) is 1.63. The number of Topliss-reactive ketones (excluding diaryl/α,β-unsaturated/α-hetero) is 1. The maximum Gasteiger partial charge on any atom is 0.407 e. The smallest absolute Gasteiger partial charge is 0.407 e. The standard InChI is InChI=1S/C37H55N7O9/c1-2-14-26(32(47)36(51)40-23-29(46)43-30(33(38)48)24-15-6-3-7-16-24)41-34(49)27-19-11-12-21-39-28(45)20-10-5-13-22-53-37(52)44-31(35(50)42-27)25-17-8-4-9-18-25/h3,6-7,15-16,25-27,30-31H,2,4-5,8-14,17-23H2,1H3,(H2,38,48)(H,39,45)(H,40,51)(H,41,49)(H,42,50)(H,43,46)(H,44,52)/t26?,27-,30-,31-/m0/s1. The van der Waals surface area contributed by atoms with Crippen LogP contribution in [0.2, 0.25) is 0 Å². The molecule has 0 spiro atoms. The van der Waals surface area contributed by atoms with Crippen molar-refractivity contribution in [2.45, 2.75) is 121 Å². The molecule has 0 bridgehead atoms. The molecule has 8 N–H and O–H groups in total. The van der Waals surface area contributed by atoms with Crippen LogP contribution in [0.5, 0.6) is 0 Å². The average molecular weight is 742 g/mol. The van der Waals surface area contributed by atoms with Crippen molar-refractivity contribution in [2.24, 2.45) is 11.7 Å². The minimum Gasteiger partial charge on any atom is -0.450 e. The van der Waals surface area contributed by atoms with Crippen molar-refractivity contribution in [1.82, 2.24) is 31.9 Å². The second-order valence-corrected chi connectivity index (χ2v) is 13.6. The second-order valence-electron chi connectivity index (χ2n) is 13.6. The molecule has 1 saturated carbocycles. The Hall–Kier alpha value is -5.02. The quantitative estimate of drug-likeness (QED) is 0.153. The number of ketones is 1. The van der Waals surface area contributed by atoms with Gasteiger partial charge >= 0.3 is 6.09 Å². The van der Waals surface area contributed by atoms with Crippen LogP contribution in [0, 0.1) is 5.92 Å². The summed E-state index contributed by atoms with van der Waals surface area (Å²) in [6, 6.07) is 3.76. The molecule has 1 unspecified atom stereocenters. The molecule has 1 aliphatic carbocycles. The van der Waals surface area contributed by atoms with Crippen LogP contribution in [0.25, 0.3) is 0 Å². The van der Waals surface area contributed by atoms with Gasteiger partial charge in [0.05, 0.1) is 19.2 Å². The van der Waals surface area contributed by atoms with E-state index in [2.05, 4.69) is 31.9 Å². The number of cyclic esters (lactones) is 1. The monoisotopic (exact) mass is 741 g/mol. The molecule has 2 fully saturated rings. The lowest BCUT2D eigenvalue weighted by Gasteiger charge is -2.31. The lowest BCUT2D eigenvalue weighted by atomic mass is 9.83. The van der Waals surface area contributed by atoms with E-state index in [1.54, 1.807) is 37.3 Å². The van der Waals surface area contributed by atoms with Gasteiger partial charge in [0, 0.05) is 13.0 Å². The molecule has 2 aliphatic rings. The molecule has 1 saturated heterocycles. The van der Waals surface area contributed by atoms with Crippen molar-refractivity contribution < 1.29 is 43.1 Å². The number of amides is 7. The van der Waals surface area contributed by atoms with Crippen molar-refractivity contribution in [3.8, 4) is 0 Å². The molecule has 53 heavy (non-hydrogen) atoms. The Kier molecular flexibility index (Phi) is 18.2. The van der Waals surface area contributed by atoms with Gasteiger partial charge in [-0.1, -0.05) is 62.9 Å². The zero-order valence-corrected chi connectivity index (χ0v) is 30.5. The maximum absolute atomic E-state index is 13.8. The molecule has 0 radical (unpaired) electrons. The van der Waals surface area contributed by atoms with Gasteiger partial charge in [-0.05, 0) is 69.3 Å². The van der Waals surface area contributed by atoms with Crippen molar-refractivity contribution in [2.75, 3.05) is 19.7 Å². The Morgan fingerprint density at radius 1 is 0.868 bits per heavy atom. The third-order valence-corrected chi connectivity index (χ3v) is 9.40.